The highest BCUT2D eigenvalue weighted by molar-refractivity contribution is 7.89. The summed E-state index contributed by atoms with van der Waals surface area (Å²) in [5, 5.41) is 9.78. The molecule has 1 heterocycles. The Kier molecular flexibility index (Phi) is 4.19. The molecule has 2 rings (SSSR count). The van der Waals surface area contributed by atoms with Gasteiger partial charge in [0.25, 0.3) is 0 Å². The molecule has 1 aromatic carbocycles. The second kappa shape index (κ2) is 5.57. The first-order valence-electron chi connectivity index (χ1n) is 6.68. The van der Waals surface area contributed by atoms with Crippen LogP contribution in [-0.2, 0) is 10.0 Å². The summed E-state index contributed by atoms with van der Waals surface area (Å²) < 4.78 is 26.5. The van der Waals surface area contributed by atoms with Gasteiger partial charge in [0.05, 0.1) is 10.9 Å². The van der Waals surface area contributed by atoms with Crippen LogP contribution in [0.15, 0.2) is 29.2 Å². The lowest BCUT2D eigenvalue weighted by molar-refractivity contribution is 0.220. The highest BCUT2D eigenvalue weighted by atomic mass is 32.2. The van der Waals surface area contributed by atoms with E-state index in [-0.39, 0.29) is 10.9 Å². The normalized spacial score (nSPS) is 26.8. The Morgan fingerprint density at radius 1 is 1.40 bits per heavy atom. The fourth-order valence-electron chi connectivity index (χ4n) is 2.49. The molecule has 0 aliphatic carbocycles. The molecular weight excluding hydrogens is 274 g/mol. The van der Waals surface area contributed by atoms with Crippen LogP contribution in [0.3, 0.4) is 0 Å². The lowest BCUT2D eigenvalue weighted by Crippen LogP contribution is -2.21. The number of hydrogen-bond acceptors (Lipinski definition) is 3. The Bertz CT molecular complexity index is 616. The van der Waals surface area contributed by atoms with Gasteiger partial charge in [0.1, 0.15) is 6.10 Å². The molecule has 1 unspecified atom stereocenters. The van der Waals surface area contributed by atoms with Crippen LogP contribution in [0.4, 0.5) is 0 Å². The Hall–Kier alpha value is -1.35. The van der Waals surface area contributed by atoms with Gasteiger partial charge in [-0.05, 0) is 25.5 Å². The van der Waals surface area contributed by atoms with Gasteiger partial charge in [-0.15, -0.1) is 6.42 Å². The zero-order valence-corrected chi connectivity index (χ0v) is 12.5. The Balaban J connectivity index is 2.30. The van der Waals surface area contributed by atoms with Crippen molar-refractivity contribution < 1.29 is 13.5 Å². The van der Waals surface area contributed by atoms with Crippen LogP contribution in [0.5, 0.6) is 0 Å². The summed E-state index contributed by atoms with van der Waals surface area (Å²) in [4.78, 5) is 0.246. The number of aliphatic hydroxyl groups is 1. The summed E-state index contributed by atoms with van der Waals surface area (Å²) >= 11 is 0. The van der Waals surface area contributed by atoms with Crippen LogP contribution in [0.1, 0.15) is 25.3 Å². The molecule has 20 heavy (non-hydrogen) atoms. The van der Waals surface area contributed by atoms with Gasteiger partial charge in [-0.25, -0.2) is 8.42 Å². The molecule has 1 aromatic rings. The third-order valence-electron chi connectivity index (χ3n) is 3.60. The maximum atomic E-state index is 12.6. The van der Waals surface area contributed by atoms with Crippen LogP contribution in [0, 0.1) is 19.3 Å². The first-order valence-corrected chi connectivity index (χ1v) is 8.12. The minimum atomic E-state index is -3.58. The summed E-state index contributed by atoms with van der Waals surface area (Å²) in [6.45, 7) is 3.88. The summed E-state index contributed by atoms with van der Waals surface area (Å²) in [6.07, 6.45) is 5.71. The Morgan fingerprint density at radius 3 is 2.50 bits per heavy atom. The zero-order chi connectivity index (χ0) is 14.9. The van der Waals surface area contributed by atoms with Crippen LogP contribution in [-0.4, -0.2) is 36.0 Å². The van der Waals surface area contributed by atoms with Crippen molar-refractivity contribution in [3.8, 4) is 12.3 Å². The fourth-order valence-corrected chi connectivity index (χ4v) is 4.32. The van der Waals surface area contributed by atoms with E-state index in [2.05, 4.69) is 5.92 Å². The molecule has 1 aliphatic heterocycles. The largest absolute Gasteiger partial charge is 0.379 e. The van der Waals surface area contributed by atoms with Crippen LogP contribution in [0.25, 0.3) is 0 Å². The third-order valence-corrected chi connectivity index (χ3v) is 5.54. The van der Waals surface area contributed by atoms with E-state index in [1.54, 1.807) is 24.3 Å². The van der Waals surface area contributed by atoms with Crippen molar-refractivity contribution in [2.45, 2.75) is 49.8 Å². The highest BCUT2D eigenvalue weighted by Crippen LogP contribution is 2.40. The maximum absolute atomic E-state index is 12.6. The maximum Gasteiger partial charge on any atom is 0.243 e. The molecule has 0 aromatic heterocycles. The highest BCUT2D eigenvalue weighted by Gasteiger charge is 2.57. The van der Waals surface area contributed by atoms with E-state index in [0.717, 1.165) is 12.0 Å². The van der Waals surface area contributed by atoms with Crippen molar-refractivity contribution in [1.29, 1.82) is 0 Å². The zero-order valence-electron chi connectivity index (χ0n) is 11.7. The number of aryl methyl sites for hydroxylation is 1. The molecular formula is C15H19NO3S. The first kappa shape index (κ1) is 15.0. The SMILES string of the molecule is C#C[C@H](O)[C@H]1[C@@H](CCC)N1S(=O)(=O)c1ccc(C)cc1. The molecule has 1 fully saturated rings. The molecule has 1 saturated heterocycles. The summed E-state index contributed by atoms with van der Waals surface area (Å²) in [7, 11) is -3.58. The molecule has 0 saturated carbocycles. The average molecular weight is 293 g/mol. The number of nitrogens with zero attached hydrogens (tertiary/aromatic N) is 1. The van der Waals surface area contributed by atoms with E-state index in [1.807, 2.05) is 13.8 Å². The molecule has 0 radical (unpaired) electrons. The number of benzene rings is 1. The lowest BCUT2D eigenvalue weighted by Gasteiger charge is -2.08. The average Bonchev–Trinajstić information content (AvgIpc) is 3.14. The Labute approximate surface area is 120 Å². The molecule has 0 amide bonds. The predicted molar refractivity (Wildman–Crippen MR) is 77.5 cm³/mol. The second-order valence-corrected chi connectivity index (χ2v) is 6.95. The van der Waals surface area contributed by atoms with Gasteiger partial charge in [0.2, 0.25) is 10.0 Å². The van der Waals surface area contributed by atoms with Gasteiger partial charge < -0.3 is 5.11 Å². The van der Waals surface area contributed by atoms with Crippen LogP contribution < -0.4 is 0 Å². The minimum absolute atomic E-state index is 0.197. The van der Waals surface area contributed by atoms with Crippen molar-refractivity contribution in [2.75, 3.05) is 0 Å². The van der Waals surface area contributed by atoms with E-state index >= 15 is 0 Å². The molecule has 4 nitrogen and oxygen atoms in total. The van der Waals surface area contributed by atoms with Crippen molar-refractivity contribution in [3.63, 3.8) is 0 Å². The lowest BCUT2D eigenvalue weighted by atomic mass is 10.1. The fraction of sp³-hybridized carbons (Fsp3) is 0.467. The van der Waals surface area contributed by atoms with E-state index < -0.39 is 22.2 Å². The van der Waals surface area contributed by atoms with Crippen molar-refractivity contribution >= 4 is 10.0 Å². The second-order valence-electron chi connectivity index (χ2n) is 5.11. The van der Waals surface area contributed by atoms with E-state index in [9.17, 15) is 13.5 Å². The molecule has 5 heteroatoms. The van der Waals surface area contributed by atoms with Crippen molar-refractivity contribution in [2.24, 2.45) is 0 Å². The smallest absolute Gasteiger partial charge is 0.243 e. The van der Waals surface area contributed by atoms with Gasteiger partial charge in [0, 0.05) is 6.04 Å². The van der Waals surface area contributed by atoms with E-state index in [1.165, 1.54) is 4.31 Å². The van der Waals surface area contributed by atoms with Gasteiger partial charge in [-0.1, -0.05) is 37.0 Å². The number of sulfonamides is 1. The van der Waals surface area contributed by atoms with Gasteiger partial charge in [-0.3, -0.25) is 0 Å². The van der Waals surface area contributed by atoms with Gasteiger partial charge in [-0.2, -0.15) is 4.31 Å². The van der Waals surface area contributed by atoms with E-state index in [4.69, 9.17) is 6.42 Å². The van der Waals surface area contributed by atoms with Crippen LogP contribution >= 0.6 is 0 Å². The van der Waals surface area contributed by atoms with Crippen molar-refractivity contribution in [1.82, 2.24) is 4.31 Å². The molecule has 0 spiro atoms. The quantitative estimate of drug-likeness (QED) is 0.661. The topological polar surface area (TPSA) is 57.4 Å². The Morgan fingerprint density at radius 2 is 2.00 bits per heavy atom. The predicted octanol–water partition coefficient (Wildman–Crippen LogP) is 1.53. The summed E-state index contributed by atoms with van der Waals surface area (Å²) in [5.41, 5.74) is 1.00. The number of hydrogen-bond donors (Lipinski definition) is 1. The number of terminal acetylenes is 1. The first-order chi connectivity index (χ1) is 9.43. The van der Waals surface area contributed by atoms with Gasteiger partial charge >= 0.3 is 0 Å². The monoisotopic (exact) mass is 293 g/mol. The third kappa shape index (κ3) is 2.59. The standard InChI is InChI=1S/C15H19NO3S/c1-4-6-13-15(14(17)5-2)16(13)20(18,19)12-9-7-11(3)8-10-12/h2,7-10,13-15,17H,4,6H2,1,3H3/t13-,14+,15-,16?/m1/s1. The van der Waals surface area contributed by atoms with Crippen LogP contribution in [0.2, 0.25) is 0 Å². The van der Waals surface area contributed by atoms with Crippen molar-refractivity contribution in [3.05, 3.63) is 29.8 Å². The molecule has 0 bridgehead atoms. The summed E-state index contributed by atoms with van der Waals surface area (Å²) in [6, 6.07) is 6.01. The van der Waals surface area contributed by atoms with Gasteiger partial charge in [0.15, 0.2) is 0 Å². The molecule has 108 valence electrons. The number of aliphatic hydroxyl groups excluding tert-OH is 1. The molecule has 4 atom stereocenters. The van der Waals surface area contributed by atoms with E-state index in [0.29, 0.717) is 6.42 Å². The number of rotatable bonds is 5. The minimum Gasteiger partial charge on any atom is -0.379 e. The summed E-state index contributed by atoms with van der Waals surface area (Å²) in [5.74, 6) is 2.23. The molecule has 1 aliphatic rings. The molecule has 1 N–H and O–H groups in total.